The lowest BCUT2D eigenvalue weighted by Crippen LogP contribution is -2.32. The molecule has 1 aliphatic rings. The monoisotopic (exact) mass is 358 g/mol. The van der Waals surface area contributed by atoms with Crippen LogP contribution in [0.2, 0.25) is 0 Å². The van der Waals surface area contributed by atoms with Crippen LogP contribution in [0.15, 0.2) is 24.3 Å². The number of nitrogens with one attached hydrogen (secondary N) is 1. The Morgan fingerprint density at radius 3 is 2.56 bits per heavy atom. The minimum Gasteiger partial charge on any atom is -0.382 e. The van der Waals surface area contributed by atoms with Crippen molar-refractivity contribution in [1.29, 1.82) is 0 Å². The van der Waals surface area contributed by atoms with Gasteiger partial charge < -0.3 is 10.2 Å². The van der Waals surface area contributed by atoms with Gasteiger partial charge in [0.15, 0.2) is 0 Å². The highest BCUT2D eigenvalue weighted by Gasteiger charge is 2.18. The standard InChI is InChI=1S/C15H23IN2/c1-12(2)18-10-3-4-14(9-11-18)17-15-7-5-13(16)6-8-15/h5-8,12,14,17H,3-4,9-11H2,1-2H3. The molecule has 1 aromatic carbocycles. The molecule has 0 aromatic heterocycles. The Bertz CT molecular complexity index is 361. The summed E-state index contributed by atoms with van der Waals surface area (Å²) in [5, 5.41) is 3.68. The quantitative estimate of drug-likeness (QED) is 0.823. The Labute approximate surface area is 124 Å². The molecule has 0 aliphatic carbocycles. The van der Waals surface area contributed by atoms with E-state index in [1.54, 1.807) is 0 Å². The van der Waals surface area contributed by atoms with Crippen LogP contribution >= 0.6 is 22.6 Å². The molecule has 0 amide bonds. The number of hydrogen-bond acceptors (Lipinski definition) is 2. The van der Waals surface area contributed by atoms with E-state index in [2.05, 4.69) is 70.9 Å². The van der Waals surface area contributed by atoms with Crippen LogP contribution in [0.5, 0.6) is 0 Å². The van der Waals surface area contributed by atoms with Crippen LogP contribution in [0, 0.1) is 3.57 Å². The van der Waals surface area contributed by atoms with Crippen LogP contribution in [-0.2, 0) is 0 Å². The highest BCUT2D eigenvalue weighted by molar-refractivity contribution is 14.1. The SMILES string of the molecule is CC(C)N1CCCC(Nc2ccc(I)cc2)CC1. The predicted molar refractivity (Wildman–Crippen MR) is 87.1 cm³/mol. The van der Waals surface area contributed by atoms with Crippen LogP contribution in [-0.4, -0.2) is 30.1 Å². The van der Waals surface area contributed by atoms with E-state index in [1.807, 2.05) is 0 Å². The third-order valence-electron chi connectivity index (χ3n) is 3.71. The van der Waals surface area contributed by atoms with Gasteiger partial charge in [-0.15, -0.1) is 0 Å². The first-order valence-corrected chi connectivity index (χ1v) is 7.99. The number of hydrogen-bond donors (Lipinski definition) is 1. The second kappa shape index (κ2) is 6.75. The van der Waals surface area contributed by atoms with Crippen LogP contribution in [0.3, 0.4) is 0 Å². The normalized spacial score (nSPS) is 21.9. The van der Waals surface area contributed by atoms with Crippen molar-refractivity contribution in [2.45, 2.75) is 45.2 Å². The summed E-state index contributed by atoms with van der Waals surface area (Å²) in [5.41, 5.74) is 1.26. The first-order chi connectivity index (χ1) is 8.65. The summed E-state index contributed by atoms with van der Waals surface area (Å²) in [4.78, 5) is 2.59. The molecule has 1 aliphatic heterocycles. The van der Waals surface area contributed by atoms with Gasteiger partial charge in [0.25, 0.3) is 0 Å². The Balaban J connectivity index is 1.88. The molecule has 1 heterocycles. The number of benzene rings is 1. The molecule has 0 spiro atoms. The van der Waals surface area contributed by atoms with Crippen molar-refractivity contribution in [1.82, 2.24) is 4.90 Å². The van der Waals surface area contributed by atoms with Crippen molar-refractivity contribution < 1.29 is 0 Å². The number of nitrogens with zero attached hydrogens (tertiary/aromatic N) is 1. The van der Waals surface area contributed by atoms with Crippen molar-refractivity contribution in [3.8, 4) is 0 Å². The largest absolute Gasteiger partial charge is 0.382 e. The minimum atomic E-state index is 0.633. The van der Waals surface area contributed by atoms with Gasteiger partial charge in [-0.2, -0.15) is 0 Å². The van der Waals surface area contributed by atoms with E-state index >= 15 is 0 Å². The summed E-state index contributed by atoms with van der Waals surface area (Å²) in [7, 11) is 0. The lowest BCUT2D eigenvalue weighted by molar-refractivity contribution is 0.230. The maximum atomic E-state index is 3.68. The van der Waals surface area contributed by atoms with E-state index in [-0.39, 0.29) is 0 Å². The summed E-state index contributed by atoms with van der Waals surface area (Å²) in [6.07, 6.45) is 3.85. The minimum absolute atomic E-state index is 0.633. The molecule has 1 unspecified atom stereocenters. The average molecular weight is 358 g/mol. The van der Waals surface area contributed by atoms with Crippen LogP contribution in [0.1, 0.15) is 33.1 Å². The van der Waals surface area contributed by atoms with Crippen molar-refractivity contribution >= 4 is 28.3 Å². The third-order valence-corrected chi connectivity index (χ3v) is 4.43. The van der Waals surface area contributed by atoms with Crippen molar-refractivity contribution in [2.75, 3.05) is 18.4 Å². The van der Waals surface area contributed by atoms with Crippen LogP contribution in [0.4, 0.5) is 5.69 Å². The number of likely N-dealkylation sites (tertiary alicyclic amines) is 1. The summed E-state index contributed by atoms with van der Waals surface area (Å²) in [6.45, 7) is 7.07. The number of halogens is 1. The zero-order chi connectivity index (χ0) is 13.0. The van der Waals surface area contributed by atoms with Gasteiger partial charge in [-0.1, -0.05) is 0 Å². The molecule has 3 heteroatoms. The Morgan fingerprint density at radius 1 is 1.17 bits per heavy atom. The highest BCUT2D eigenvalue weighted by atomic mass is 127. The fourth-order valence-electron chi connectivity index (χ4n) is 2.56. The van der Waals surface area contributed by atoms with E-state index in [1.165, 1.54) is 41.6 Å². The molecule has 1 saturated heterocycles. The Kier molecular flexibility index (Phi) is 5.30. The first kappa shape index (κ1) is 14.1. The summed E-state index contributed by atoms with van der Waals surface area (Å²) < 4.78 is 1.30. The van der Waals surface area contributed by atoms with Gasteiger partial charge in [0.05, 0.1) is 0 Å². The Morgan fingerprint density at radius 2 is 1.89 bits per heavy atom. The number of anilines is 1. The summed E-state index contributed by atoms with van der Waals surface area (Å²) >= 11 is 2.35. The molecule has 0 saturated carbocycles. The number of rotatable bonds is 3. The molecule has 100 valence electrons. The van der Waals surface area contributed by atoms with Gasteiger partial charge in [0, 0.05) is 27.9 Å². The highest BCUT2D eigenvalue weighted by Crippen LogP contribution is 2.19. The van der Waals surface area contributed by atoms with Crippen LogP contribution in [0.25, 0.3) is 0 Å². The van der Waals surface area contributed by atoms with Crippen molar-refractivity contribution in [3.05, 3.63) is 27.8 Å². The second-order valence-corrected chi connectivity index (χ2v) is 6.65. The maximum absolute atomic E-state index is 3.68. The molecule has 1 N–H and O–H groups in total. The van der Waals surface area contributed by atoms with E-state index in [0.717, 1.165) is 0 Å². The third kappa shape index (κ3) is 4.12. The predicted octanol–water partition coefficient (Wildman–Crippen LogP) is 3.97. The molecular weight excluding hydrogens is 335 g/mol. The molecule has 2 nitrogen and oxygen atoms in total. The molecule has 1 aromatic rings. The zero-order valence-electron chi connectivity index (χ0n) is 11.3. The van der Waals surface area contributed by atoms with Crippen LogP contribution < -0.4 is 5.32 Å². The van der Waals surface area contributed by atoms with Gasteiger partial charge in [0.1, 0.15) is 0 Å². The first-order valence-electron chi connectivity index (χ1n) is 6.91. The second-order valence-electron chi connectivity index (χ2n) is 5.41. The molecule has 1 fully saturated rings. The molecule has 2 rings (SSSR count). The van der Waals surface area contributed by atoms with E-state index in [0.29, 0.717) is 12.1 Å². The lowest BCUT2D eigenvalue weighted by Gasteiger charge is -2.24. The van der Waals surface area contributed by atoms with Gasteiger partial charge in [-0.05, 0) is 86.5 Å². The van der Waals surface area contributed by atoms with Gasteiger partial charge >= 0.3 is 0 Å². The van der Waals surface area contributed by atoms with Gasteiger partial charge in [0.2, 0.25) is 0 Å². The molecule has 0 radical (unpaired) electrons. The van der Waals surface area contributed by atoms with Crippen molar-refractivity contribution in [2.24, 2.45) is 0 Å². The average Bonchev–Trinajstić information content (AvgIpc) is 2.58. The fourth-order valence-corrected chi connectivity index (χ4v) is 2.92. The summed E-state index contributed by atoms with van der Waals surface area (Å²) in [5.74, 6) is 0. The molecule has 1 atom stereocenters. The van der Waals surface area contributed by atoms with E-state index in [9.17, 15) is 0 Å². The summed E-state index contributed by atoms with van der Waals surface area (Å²) in [6, 6.07) is 10.0. The smallest absolute Gasteiger partial charge is 0.0343 e. The molecular formula is C15H23IN2. The van der Waals surface area contributed by atoms with Gasteiger partial charge in [-0.3, -0.25) is 0 Å². The van der Waals surface area contributed by atoms with E-state index < -0.39 is 0 Å². The fraction of sp³-hybridized carbons (Fsp3) is 0.600. The van der Waals surface area contributed by atoms with Crippen molar-refractivity contribution in [3.63, 3.8) is 0 Å². The van der Waals surface area contributed by atoms with E-state index in [4.69, 9.17) is 0 Å². The maximum Gasteiger partial charge on any atom is 0.0343 e. The zero-order valence-corrected chi connectivity index (χ0v) is 13.5. The van der Waals surface area contributed by atoms with Gasteiger partial charge in [-0.25, -0.2) is 0 Å². The topological polar surface area (TPSA) is 15.3 Å². The lowest BCUT2D eigenvalue weighted by atomic mass is 10.1. The Hall–Kier alpha value is -0.290. The molecule has 18 heavy (non-hydrogen) atoms. The molecule has 0 bridgehead atoms.